The second kappa shape index (κ2) is 10.00. The number of likely N-dealkylation sites (tertiary alicyclic amines) is 1. The third-order valence-corrected chi connectivity index (χ3v) is 7.34. The van der Waals surface area contributed by atoms with Gasteiger partial charge in [-0.15, -0.1) is 11.3 Å². The second-order valence-corrected chi connectivity index (χ2v) is 11.3. The van der Waals surface area contributed by atoms with Crippen molar-refractivity contribution in [1.82, 2.24) is 20.2 Å². The lowest BCUT2D eigenvalue weighted by Crippen LogP contribution is -2.39. The van der Waals surface area contributed by atoms with Gasteiger partial charge in [-0.3, -0.25) is 9.59 Å². The summed E-state index contributed by atoms with van der Waals surface area (Å²) < 4.78 is 5.39. The highest BCUT2D eigenvalue weighted by atomic mass is 32.1. The van der Waals surface area contributed by atoms with Gasteiger partial charge in [0.15, 0.2) is 5.01 Å². The number of carbonyl (C=O) groups is 2. The van der Waals surface area contributed by atoms with Gasteiger partial charge in [0.2, 0.25) is 0 Å². The van der Waals surface area contributed by atoms with Crippen LogP contribution in [-0.4, -0.2) is 64.1 Å². The third-order valence-electron chi connectivity index (χ3n) is 6.25. The van der Waals surface area contributed by atoms with E-state index in [1.54, 1.807) is 6.20 Å². The minimum Gasteiger partial charge on any atom is -0.381 e. The average Bonchev–Trinajstić information content (AvgIpc) is 3.40. The number of rotatable bonds is 5. The maximum Gasteiger partial charge on any atom is 0.280 e. The average molecular weight is 486 g/mol. The van der Waals surface area contributed by atoms with Crippen LogP contribution in [0.5, 0.6) is 0 Å². The summed E-state index contributed by atoms with van der Waals surface area (Å²) in [6, 6.07) is 2.21. The zero-order valence-electron chi connectivity index (χ0n) is 20.7. The van der Waals surface area contributed by atoms with Crippen molar-refractivity contribution >= 4 is 29.0 Å². The monoisotopic (exact) mass is 485 g/mol. The quantitative estimate of drug-likeness (QED) is 0.657. The van der Waals surface area contributed by atoms with E-state index in [2.05, 4.69) is 48.3 Å². The highest BCUT2D eigenvalue weighted by Crippen LogP contribution is 2.35. The Morgan fingerprint density at radius 3 is 2.56 bits per heavy atom. The number of aryl methyl sites for hydroxylation is 1. The van der Waals surface area contributed by atoms with Crippen molar-refractivity contribution in [3.8, 4) is 10.4 Å². The number of thiazole rings is 1. The third kappa shape index (κ3) is 5.58. The zero-order chi connectivity index (χ0) is 24.5. The van der Waals surface area contributed by atoms with Crippen LogP contribution < -0.4 is 10.6 Å². The van der Waals surface area contributed by atoms with Crippen molar-refractivity contribution in [3.63, 3.8) is 0 Å². The van der Waals surface area contributed by atoms with Crippen LogP contribution in [0.4, 0.5) is 5.82 Å². The first-order chi connectivity index (χ1) is 16.1. The summed E-state index contributed by atoms with van der Waals surface area (Å²) in [4.78, 5) is 38.4. The van der Waals surface area contributed by atoms with E-state index in [0.717, 1.165) is 42.6 Å². The lowest BCUT2D eigenvalue weighted by Gasteiger charge is -2.22. The van der Waals surface area contributed by atoms with E-state index in [9.17, 15) is 9.59 Å². The van der Waals surface area contributed by atoms with Crippen molar-refractivity contribution in [3.05, 3.63) is 28.5 Å². The van der Waals surface area contributed by atoms with Gasteiger partial charge in [-0.2, -0.15) is 0 Å². The zero-order valence-corrected chi connectivity index (χ0v) is 21.6. The number of ether oxygens (including phenoxy) is 1. The normalized spacial score (nSPS) is 19.3. The Kier molecular flexibility index (Phi) is 7.23. The van der Waals surface area contributed by atoms with Crippen molar-refractivity contribution in [2.45, 2.75) is 77.9 Å². The van der Waals surface area contributed by atoms with Gasteiger partial charge >= 0.3 is 0 Å². The number of anilines is 1. The van der Waals surface area contributed by atoms with E-state index in [4.69, 9.17) is 4.74 Å². The smallest absolute Gasteiger partial charge is 0.280 e. The molecule has 2 aromatic rings. The molecule has 8 nitrogen and oxygen atoms in total. The lowest BCUT2D eigenvalue weighted by atomic mass is 10.1. The Morgan fingerprint density at radius 2 is 1.94 bits per heavy atom. The predicted octanol–water partition coefficient (Wildman–Crippen LogP) is 4.26. The number of aromatic nitrogens is 2. The van der Waals surface area contributed by atoms with Crippen molar-refractivity contribution in [2.24, 2.45) is 0 Å². The van der Waals surface area contributed by atoms with Gasteiger partial charge in [-0.1, -0.05) is 0 Å². The molecule has 2 saturated heterocycles. The number of amides is 2. The highest BCUT2D eigenvalue weighted by molar-refractivity contribution is 7.17. The van der Waals surface area contributed by atoms with E-state index < -0.39 is 0 Å². The summed E-state index contributed by atoms with van der Waals surface area (Å²) in [5, 5.41) is 6.77. The molecule has 9 heteroatoms. The van der Waals surface area contributed by atoms with Gasteiger partial charge < -0.3 is 20.3 Å². The number of nitrogens with zero attached hydrogens (tertiary/aromatic N) is 3. The molecule has 4 heterocycles. The number of carbonyl (C=O) groups excluding carboxylic acids is 2. The number of pyridine rings is 1. The minimum atomic E-state index is -0.233. The molecule has 0 aromatic carbocycles. The Bertz CT molecular complexity index is 1060. The standard InChI is InChI=1S/C25H35N5O3S/c1-15-13-19(29-25(3,4)5)26-14-18(15)21-20(24(32)30-10-6-7-16(30)2)28-23(34-21)22(31)27-17-8-11-33-12-9-17/h13-14,16-17H,6-12H2,1-5H3,(H,26,29)(H,27,31)/t16-/m0/s1. The van der Waals surface area contributed by atoms with Crippen molar-refractivity contribution in [2.75, 3.05) is 25.1 Å². The van der Waals surface area contributed by atoms with Gasteiger partial charge in [-0.05, 0) is 71.9 Å². The molecule has 1 atom stereocenters. The molecular weight excluding hydrogens is 450 g/mol. The maximum absolute atomic E-state index is 13.5. The highest BCUT2D eigenvalue weighted by Gasteiger charge is 2.32. The van der Waals surface area contributed by atoms with E-state index in [0.29, 0.717) is 35.3 Å². The van der Waals surface area contributed by atoms with Gasteiger partial charge in [0, 0.05) is 49.1 Å². The fourth-order valence-electron chi connectivity index (χ4n) is 4.45. The Hall–Kier alpha value is -2.52. The fraction of sp³-hybridized carbons (Fsp3) is 0.600. The van der Waals surface area contributed by atoms with E-state index >= 15 is 0 Å². The van der Waals surface area contributed by atoms with Crippen LogP contribution in [0.15, 0.2) is 12.3 Å². The number of hydrogen-bond donors (Lipinski definition) is 2. The van der Waals surface area contributed by atoms with Crippen molar-refractivity contribution < 1.29 is 14.3 Å². The van der Waals surface area contributed by atoms with Gasteiger partial charge in [0.1, 0.15) is 11.5 Å². The molecule has 0 radical (unpaired) electrons. The van der Waals surface area contributed by atoms with Gasteiger partial charge in [-0.25, -0.2) is 9.97 Å². The Morgan fingerprint density at radius 1 is 1.21 bits per heavy atom. The maximum atomic E-state index is 13.5. The summed E-state index contributed by atoms with van der Waals surface area (Å²) >= 11 is 1.27. The summed E-state index contributed by atoms with van der Waals surface area (Å²) in [5.74, 6) is 0.428. The first-order valence-corrected chi connectivity index (χ1v) is 12.9. The molecule has 0 spiro atoms. The molecule has 34 heavy (non-hydrogen) atoms. The second-order valence-electron chi connectivity index (χ2n) is 10.3. The largest absolute Gasteiger partial charge is 0.381 e. The minimum absolute atomic E-state index is 0.0671. The van der Waals surface area contributed by atoms with E-state index in [1.165, 1.54) is 11.3 Å². The van der Waals surface area contributed by atoms with Gasteiger partial charge in [0.25, 0.3) is 11.8 Å². The number of hydrogen-bond acceptors (Lipinski definition) is 7. The van der Waals surface area contributed by atoms with Crippen LogP contribution in [0, 0.1) is 6.92 Å². The predicted molar refractivity (Wildman–Crippen MR) is 134 cm³/mol. The SMILES string of the molecule is Cc1cc(NC(C)(C)C)ncc1-c1sc(C(=O)NC2CCOCC2)nc1C(=O)N1CCC[C@@H]1C. The van der Waals surface area contributed by atoms with Crippen LogP contribution in [0.2, 0.25) is 0 Å². The summed E-state index contributed by atoms with van der Waals surface area (Å²) in [7, 11) is 0. The molecule has 2 amide bonds. The molecule has 2 aliphatic heterocycles. The summed E-state index contributed by atoms with van der Waals surface area (Å²) in [5.41, 5.74) is 2.04. The lowest BCUT2D eigenvalue weighted by molar-refractivity contribution is 0.0696. The Balaban J connectivity index is 1.68. The molecule has 2 aromatic heterocycles. The molecule has 0 saturated carbocycles. The van der Waals surface area contributed by atoms with Crippen LogP contribution in [-0.2, 0) is 4.74 Å². The molecule has 4 rings (SSSR count). The molecular formula is C25H35N5O3S. The van der Waals surface area contributed by atoms with Crippen LogP contribution in [0.1, 0.15) is 79.2 Å². The molecule has 2 N–H and O–H groups in total. The topological polar surface area (TPSA) is 96.5 Å². The van der Waals surface area contributed by atoms with Crippen LogP contribution >= 0.6 is 11.3 Å². The molecule has 184 valence electrons. The Labute approximate surface area is 205 Å². The van der Waals surface area contributed by atoms with Gasteiger partial charge in [0.05, 0.1) is 4.88 Å². The van der Waals surface area contributed by atoms with E-state index in [1.807, 2.05) is 17.9 Å². The van der Waals surface area contributed by atoms with Crippen molar-refractivity contribution in [1.29, 1.82) is 0 Å². The summed E-state index contributed by atoms with van der Waals surface area (Å²) in [6.07, 6.45) is 5.31. The van der Waals surface area contributed by atoms with Crippen LogP contribution in [0.3, 0.4) is 0 Å². The molecule has 2 fully saturated rings. The first-order valence-electron chi connectivity index (χ1n) is 12.1. The molecule has 0 unspecified atom stereocenters. The molecule has 0 bridgehead atoms. The number of nitrogens with one attached hydrogen (secondary N) is 2. The molecule has 0 aliphatic carbocycles. The summed E-state index contributed by atoms with van der Waals surface area (Å²) in [6.45, 7) is 12.3. The fourth-order valence-corrected chi connectivity index (χ4v) is 5.49. The van der Waals surface area contributed by atoms with Crippen LogP contribution in [0.25, 0.3) is 10.4 Å². The first kappa shape index (κ1) is 24.6. The molecule has 2 aliphatic rings. The van der Waals surface area contributed by atoms with E-state index in [-0.39, 0.29) is 29.4 Å².